The van der Waals surface area contributed by atoms with E-state index in [0.29, 0.717) is 17.8 Å². The Morgan fingerprint density at radius 3 is 1.80 bits per heavy atom. The Balaban J connectivity index is 1.22. The molecule has 1 spiro atoms. The van der Waals surface area contributed by atoms with Crippen LogP contribution in [0.25, 0.3) is 0 Å². The predicted molar refractivity (Wildman–Crippen MR) is 256 cm³/mol. The minimum Gasteiger partial charge on any atom is -0.458 e. The molecular formula is C56H54BNOS. The van der Waals surface area contributed by atoms with Crippen LogP contribution < -0.4 is 26.0 Å². The number of hydrogen-bond donors (Lipinski definition) is 0. The molecule has 10 rings (SSSR count). The van der Waals surface area contributed by atoms with Crippen molar-refractivity contribution in [2.24, 2.45) is 0 Å². The Labute approximate surface area is 362 Å². The van der Waals surface area contributed by atoms with E-state index >= 15 is 0 Å². The quantitative estimate of drug-likeness (QED) is 0.149. The Hall–Kier alpha value is -5.45. The lowest BCUT2D eigenvalue weighted by Crippen LogP contribution is -2.57. The molecule has 0 bridgehead atoms. The lowest BCUT2D eigenvalue weighted by atomic mass is 9.34. The summed E-state index contributed by atoms with van der Waals surface area (Å²) in [5.74, 6) is 3.07. The summed E-state index contributed by atoms with van der Waals surface area (Å²) in [5, 5.41) is 0. The number of para-hydroxylation sites is 3. The third-order valence-electron chi connectivity index (χ3n) is 13.5. The van der Waals surface area contributed by atoms with Gasteiger partial charge in [0.1, 0.15) is 11.5 Å². The van der Waals surface area contributed by atoms with E-state index < -0.39 is 5.41 Å². The first-order valence-corrected chi connectivity index (χ1v) is 23.0. The second-order valence-electron chi connectivity index (χ2n) is 17.9. The van der Waals surface area contributed by atoms with Crippen LogP contribution in [-0.4, -0.2) is 6.71 Å². The maximum absolute atomic E-state index is 7.02. The fourth-order valence-electron chi connectivity index (χ4n) is 10.6. The molecule has 3 aliphatic heterocycles. The van der Waals surface area contributed by atoms with Crippen LogP contribution >= 0.6 is 11.8 Å². The fourth-order valence-corrected chi connectivity index (χ4v) is 11.9. The van der Waals surface area contributed by atoms with E-state index in [-0.39, 0.29) is 6.71 Å². The van der Waals surface area contributed by atoms with E-state index in [1.807, 2.05) is 11.8 Å². The summed E-state index contributed by atoms with van der Waals surface area (Å²) in [6, 6.07) is 53.2. The Morgan fingerprint density at radius 1 is 0.567 bits per heavy atom. The van der Waals surface area contributed by atoms with Crippen molar-refractivity contribution in [1.82, 2.24) is 0 Å². The van der Waals surface area contributed by atoms with Crippen LogP contribution in [0.2, 0.25) is 0 Å². The number of benzene rings is 7. The molecule has 0 aromatic heterocycles. The summed E-state index contributed by atoms with van der Waals surface area (Å²) < 4.78 is 7.02. The zero-order valence-electron chi connectivity index (χ0n) is 36.3. The van der Waals surface area contributed by atoms with Crippen LogP contribution in [-0.2, 0) is 18.3 Å². The predicted octanol–water partition coefficient (Wildman–Crippen LogP) is 13.4. The summed E-state index contributed by atoms with van der Waals surface area (Å²) in [6.07, 6.45) is 1.99. The molecule has 7 aromatic carbocycles. The van der Waals surface area contributed by atoms with Crippen LogP contribution in [0.15, 0.2) is 149 Å². The molecule has 0 unspecified atom stereocenters. The third-order valence-corrected chi connectivity index (χ3v) is 14.8. The van der Waals surface area contributed by atoms with Crippen molar-refractivity contribution in [2.45, 2.75) is 101 Å². The highest BCUT2D eigenvalue weighted by Gasteiger charge is 2.51. The minimum absolute atomic E-state index is 0.0486. The van der Waals surface area contributed by atoms with E-state index in [0.717, 1.165) is 30.0 Å². The average Bonchev–Trinajstić information content (AvgIpc) is 3.27. The van der Waals surface area contributed by atoms with Crippen molar-refractivity contribution in [3.05, 3.63) is 190 Å². The van der Waals surface area contributed by atoms with Crippen molar-refractivity contribution in [2.75, 3.05) is 4.90 Å². The van der Waals surface area contributed by atoms with Gasteiger partial charge >= 0.3 is 0 Å². The summed E-state index contributed by atoms with van der Waals surface area (Å²) in [7, 11) is 0. The first-order valence-electron chi connectivity index (χ1n) is 22.2. The van der Waals surface area contributed by atoms with Crippen LogP contribution in [0.5, 0.6) is 11.5 Å². The standard InChI is InChI=1S/C56H54BNOS/c1-9-37-29-38(10-2)55-46(30-37)56(45-21-13-18-26-53(45)60-55)43-19-11-15-23-49(43)58(50-24-16-12-20-44(50)56)40-27-28-48-52(33-40)59-51-25-17-14-22-47(51)57(48)54-41(35(5)6)31-39(34(3)4)32-42(54)36(7)8/h11-36H,9-10H2,1-8H3. The molecular weight excluding hydrogens is 746 g/mol. The van der Waals surface area contributed by atoms with Crippen molar-refractivity contribution >= 4 is 51.9 Å². The largest absolute Gasteiger partial charge is 0.458 e. The molecule has 0 saturated heterocycles. The second-order valence-corrected chi connectivity index (χ2v) is 19.0. The number of fused-ring (bicyclic) bond motifs is 10. The van der Waals surface area contributed by atoms with Gasteiger partial charge in [0.25, 0.3) is 6.71 Å². The van der Waals surface area contributed by atoms with Gasteiger partial charge in [-0.05, 0) is 122 Å². The molecule has 0 saturated carbocycles. The summed E-state index contributed by atoms with van der Waals surface area (Å²) >= 11 is 1.95. The van der Waals surface area contributed by atoms with Gasteiger partial charge in [-0.1, -0.05) is 176 Å². The second kappa shape index (κ2) is 14.9. The number of rotatable bonds is 7. The number of hydrogen-bond acceptors (Lipinski definition) is 3. The van der Waals surface area contributed by atoms with Crippen molar-refractivity contribution < 1.29 is 4.74 Å². The van der Waals surface area contributed by atoms with E-state index in [2.05, 4.69) is 200 Å². The van der Waals surface area contributed by atoms with Gasteiger partial charge in [0.15, 0.2) is 0 Å². The van der Waals surface area contributed by atoms with Crippen LogP contribution in [0, 0.1) is 0 Å². The zero-order chi connectivity index (χ0) is 41.4. The maximum atomic E-state index is 7.02. The maximum Gasteiger partial charge on any atom is 0.251 e. The van der Waals surface area contributed by atoms with E-state index in [1.54, 1.807) is 0 Å². The van der Waals surface area contributed by atoms with Gasteiger partial charge in [-0.25, -0.2) is 0 Å². The summed E-state index contributed by atoms with van der Waals surface area (Å²) in [5.41, 5.74) is 19.4. The summed E-state index contributed by atoms with van der Waals surface area (Å²) in [4.78, 5) is 5.23. The van der Waals surface area contributed by atoms with Gasteiger partial charge in [0.2, 0.25) is 0 Å². The Kier molecular flexibility index (Phi) is 9.64. The number of nitrogens with zero attached hydrogens (tertiary/aromatic N) is 1. The van der Waals surface area contributed by atoms with E-state index in [1.165, 1.54) is 87.6 Å². The van der Waals surface area contributed by atoms with Crippen LogP contribution in [0.3, 0.4) is 0 Å². The monoisotopic (exact) mass is 799 g/mol. The molecule has 0 amide bonds. The summed E-state index contributed by atoms with van der Waals surface area (Å²) in [6.45, 7) is 18.7. The molecule has 4 heteroatoms. The molecule has 2 nitrogen and oxygen atoms in total. The SMILES string of the molecule is CCc1cc(CC)c2c(c1)C1(c3ccccc3S2)c2ccccc2N(c2ccc3c(c2)Oc2ccccc2B3c2c(C(C)C)cc(C(C)C)cc2C(C)C)c2ccccc21. The molecule has 60 heavy (non-hydrogen) atoms. The Morgan fingerprint density at radius 2 is 1.17 bits per heavy atom. The highest BCUT2D eigenvalue weighted by molar-refractivity contribution is 7.99. The van der Waals surface area contributed by atoms with Crippen molar-refractivity contribution in [1.29, 1.82) is 0 Å². The van der Waals surface area contributed by atoms with Gasteiger partial charge in [0.05, 0.1) is 16.8 Å². The van der Waals surface area contributed by atoms with E-state index in [4.69, 9.17) is 4.74 Å². The highest BCUT2D eigenvalue weighted by Crippen LogP contribution is 2.63. The smallest absolute Gasteiger partial charge is 0.251 e. The normalized spacial score (nSPS) is 14.4. The molecule has 0 atom stereocenters. The lowest BCUT2D eigenvalue weighted by Gasteiger charge is -2.49. The van der Waals surface area contributed by atoms with Gasteiger partial charge in [0, 0.05) is 21.5 Å². The van der Waals surface area contributed by atoms with Gasteiger partial charge < -0.3 is 9.64 Å². The molecule has 3 aliphatic rings. The lowest BCUT2D eigenvalue weighted by molar-refractivity contribution is 0.487. The number of anilines is 3. The Bertz CT molecular complexity index is 2740. The van der Waals surface area contributed by atoms with Gasteiger partial charge in [-0.2, -0.15) is 0 Å². The molecule has 7 aromatic rings. The highest BCUT2D eigenvalue weighted by atomic mass is 32.2. The minimum atomic E-state index is -0.493. The zero-order valence-corrected chi connectivity index (χ0v) is 37.1. The molecule has 3 heterocycles. The van der Waals surface area contributed by atoms with E-state index in [9.17, 15) is 0 Å². The molecule has 0 N–H and O–H groups in total. The number of aryl methyl sites for hydroxylation is 2. The molecule has 0 fully saturated rings. The molecule has 0 aliphatic carbocycles. The molecule has 0 radical (unpaired) electrons. The first kappa shape index (κ1) is 38.7. The van der Waals surface area contributed by atoms with Crippen LogP contribution in [0.1, 0.15) is 123 Å². The average molecular weight is 800 g/mol. The fraction of sp³-hybridized carbons (Fsp3) is 0.250. The van der Waals surface area contributed by atoms with Gasteiger partial charge in [-0.3, -0.25) is 0 Å². The van der Waals surface area contributed by atoms with Crippen molar-refractivity contribution in [3.63, 3.8) is 0 Å². The van der Waals surface area contributed by atoms with Crippen LogP contribution in [0.4, 0.5) is 17.1 Å². The number of ether oxygens (including phenoxy) is 1. The van der Waals surface area contributed by atoms with Gasteiger partial charge in [-0.15, -0.1) is 0 Å². The molecule has 298 valence electrons. The topological polar surface area (TPSA) is 12.5 Å². The van der Waals surface area contributed by atoms with Crippen molar-refractivity contribution in [3.8, 4) is 11.5 Å². The third kappa shape index (κ3) is 5.77. The first-order chi connectivity index (χ1) is 29.1.